The van der Waals surface area contributed by atoms with E-state index >= 15 is 4.39 Å². The van der Waals surface area contributed by atoms with Crippen LogP contribution in [0.15, 0.2) is 41.2 Å². The molecule has 15 heteroatoms. The second kappa shape index (κ2) is 15.6. The highest BCUT2D eigenvalue weighted by Gasteiger charge is 2.46. The number of ether oxygens (including phenoxy) is 2. The summed E-state index contributed by atoms with van der Waals surface area (Å²) in [6, 6.07) is 8.05. The number of amides is 3. The number of esters is 1. The Bertz CT molecular complexity index is 2410. The molecule has 7 rings (SSSR count). The van der Waals surface area contributed by atoms with Crippen LogP contribution in [-0.2, 0) is 55.6 Å². The molecule has 2 aromatic carbocycles. The molecule has 0 spiro atoms. The van der Waals surface area contributed by atoms with Gasteiger partial charge in [0.2, 0.25) is 11.8 Å². The number of pyridine rings is 2. The summed E-state index contributed by atoms with van der Waals surface area (Å²) in [6.45, 7) is 12.5. The fourth-order valence-corrected chi connectivity index (χ4v) is 8.27. The number of rotatable bonds is 11. The zero-order valence-corrected chi connectivity index (χ0v) is 33.7. The van der Waals surface area contributed by atoms with Gasteiger partial charge in [-0.1, -0.05) is 46.8 Å². The quantitative estimate of drug-likeness (QED) is 0.115. The van der Waals surface area contributed by atoms with Gasteiger partial charge in [0.1, 0.15) is 25.1 Å². The molecule has 3 amide bonds. The van der Waals surface area contributed by atoms with Gasteiger partial charge in [0.05, 0.1) is 41.1 Å². The SMILES string of the molecule is CC[C@@]1(O)C(=O)OCc2c1cc1n(c2=O)Cc2c-1nc1cc(F)c(C)c3c1c2[C@@H](NC(=O)OCc1ccc(NC(=O)[C@H](C)NC(=O)[C@@H](NC(C)C)C(C)C)cc1)CC3. The maximum absolute atomic E-state index is 15.3. The molecule has 306 valence electrons. The number of fused-ring (bicyclic) bond motifs is 5. The topological polar surface area (TPSA) is 190 Å². The van der Waals surface area contributed by atoms with Crippen LogP contribution in [0.1, 0.15) is 99.4 Å². The number of anilines is 1. The van der Waals surface area contributed by atoms with Crippen LogP contribution >= 0.6 is 0 Å². The number of halogens is 1. The molecule has 0 fully saturated rings. The number of alkyl carbamates (subject to hydrolysis) is 1. The molecule has 2 aromatic heterocycles. The molecule has 0 bridgehead atoms. The van der Waals surface area contributed by atoms with E-state index in [9.17, 15) is 29.1 Å². The number of benzene rings is 2. The number of cyclic esters (lactones) is 1. The molecule has 4 aromatic rings. The normalized spacial score (nSPS) is 18.9. The van der Waals surface area contributed by atoms with Crippen LogP contribution in [0.5, 0.6) is 0 Å². The highest BCUT2D eigenvalue weighted by Crippen LogP contribution is 2.46. The number of carbonyl (C=O) groups is 4. The zero-order valence-electron chi connectivity index (χ0n) is 33.7. The van der Waals surface area contributed by atoms with Crippen LogP contribution in [0.25, 0.3) is 22.3 Å². The molecule has 5 N–H and O–H groups in total. The van der Waals surface area contributed by atoms with Crippen molar-refractivity contribution in [2.45, 2.75) is 117 Å². The van der Waals surface area contributed by atoms with Crippen molar-refractivity contribution < 1.29 is 38.1 Å². The minimum Gasteiger partial charge on any atom is -0.458 e. The summed E-state index contributed by atoms with van der Waals surface area (Å²) in [7, 11) is 0. The lowest BCUT2D eigenvalue weighted by atomic mass is 9.81. The van der Waals surface area contributed by atoms with Crippen molar-refractivity contribution in [3.8, 4) is 11.4 Å². The van der Waals surface area contributed by atoms with Gasteiger partial charge < -0.3 is 40.4 Å². The highest BCUT2D eigenvalue weighted by atomic mass is 19.1. The summed E-state index contributed by atoms with van der Waals surface area (Å²) >= 11 is 0. The Kier molecular flexibility index (Phi) is 10.9. The lowest BCUT2D eigenvalue weighted by molar-refractivity contribution is -0.172. The van der Waals surface area contributed by atoms with Gasteiger partial charge in [-0.15, -0.1) is 0 Å². The van der Waals surface area contributed by atoms with Gasteiger partial charge in [0, 0.05) is 34.3 Å². The molecule has 4 atom stereocenters. The second-order valence-corrected chi connectivity index (χ2v) is 16.1. The number of carbonyl (C=O) groups excluding carboxylic acids is 4. The first kappa shape index (κ1) is 40.5. The van der Waals surface area contributed by atoms with Crippen molar-refractivity contribution in [1.29, 1.82) is 0 Å². The van der Waals surface area contributed by atoms with E-state index in [0.29, 0.717) is 63.1 Å². The number of nitrogens with zero attached hydrogens (tertiary/aromatic N) is 2. The average molecular weight is 797 g/mol. The Morgan fingerprint density at radius 1 is 1.05 bits per heavy atom. The van der Waals surface area contributed by atoms with Crippen molar-refractivity contribution in [1.82, 2.24) is 25.5 Å². The maximum atomic E-state index is 15.3. The molecular formula is C43H49FN6O8. The summed E-state index contributed by atoms with van der Waals surface area (Å²) in [4.78, 5) is 70.6. The van der Waals surface area contributed by atoms with Gasteiger partial charge in [-0.05, 0) is 79.5 Å². The molecule has 3 aliphatic rings. The molecule has 2 aliphatic heterocycles. The molecule has 14 nitrogen and oxygen atoms in total. The molecule has 1 aliphatic carbocycles. The first-order chi connectivity index (χ1) is 27.5. The van der Waals surface area contributed by atoms with Gasteiger partial charge in [-0.2, -0.15) is 0 Å². The summed E-state index contributed by atoms with van der Waals surface area (Å²) < 4.78 is 27.7. The van der Waals surface area contributed by atoms with Gasteiger partial charge in [0.25, 0.3) is 5.56 Å². The van der Waals surface area contributed by atoms with E-state index in [-0.39, 0.29) is 61.1 Å². The van der Waals surface area contributed by atoms with Crippen LogP contribution in [0.2, 0.25) is 0 Å². The van der Waals surface area contributed by atoms with E-state index in [1.807, 2.05) is 27.7 Å². The lowest BCUT2D eigenvalue weighted by Gasteiger charge is -2.31. The van der Waals surface area contributed by atoms with Gasteiger partial charge in [0.15, 0.2) is 5.60 Å². The minimum atomic E-state index is -2.01. The third-order valence-electron chi connectivity index (χ3n) is 11.5. The molecule has 0 saturated carbocycles. The van der Waals surface area contributed by atoms with Crippen LogP contribution in [0.4, 0.5) is 14.9 Å². The fraction of sp³-hybridized carbons (Fsp3) is 0.442. The van der Waals surface area contributed by atoms with Crippen molar-refractivity contribution in [2.75, 3.05) is 5.32 Å². The lowest BCUT2D eigenvalue weighted by Crippen LogP contribution is -2.53. The molecular weight excluding hydrogens is 748 g/mol. The first-order valence-corrected chi connectivity index (χ1v) is 19.7. The monoisotopic (exact) mass is 796 g/mol. The number of aromatic nitrogens is 2. The predicted molar refractivity (Wildman–Crippen MR) is 213 cm³/mol. The number of aryl methyl sites for hydroxylation is 1. The number of hydrogen-bond acceptors (Lipinski definition) is 10. The Labute approximate surface area is 334 Å². The maximum Gasteiger partial charge on any atom is 0.407 e. The predicted octanol–water partition coefficient (Wildman–Crippen LogP) is 4.91. The Morgan fingerprint density at radius 2 is 1.78 bits per heavy atom. The third kappa shape index (κ3) is 7.21. The van der Waals surface area contributed by atoms with Crippen LogP contribution in [0, 0.1) is 18.7 Å². The van der Waals surface area contributed by atoms with E-state index in [1.165, 1.54) is 10.6 Å². The van der Waals surface area contributed by atoms with Crippen molar-refractivity contribution in [3.05, 3.63) is 91.5 Å². The van der Waals surface area contributed by atoms with Gasteiger partial charge >= 0.3 is 12.1 Å². The average Bonchev–Trinajstić information content (AvgIpc) is 3.56. The van der Waals surface area contributed by atoms with Gasteiger partial charge in [-0.3, -0.25) is 14.4 Å². The smallest absolute Gasteiger partial charge is 0.407 e. The number of aliphatic hydroxyl groups is 1. The Morgan fingerprint density at radius 3 is 2.45 bits per heavy atom. The van der Waals surface area contributed by atoms with Crippen LogP contribution in [-0.4, -0.2) is 56.7 Å². The molecule has 0 unspecified atom stereocenters. The molecule has 0 saturated heterocycles. The molecule has 4 heterocycles. The summed E-state index contributed by atoms with van der Waals surface area (Å²) in [5.41, 5.74) is 2.89. The van der Waals surface area contributed by atoms with E-state index < -0.39 is 47.2 Å². The zero-order chi connectivity index (χ0) is 41.8. The first-order valence-electron chi connectivity index (χ1n) is 19.7. The van der Waals surface area contributed by atoms with E-state index in [0.717, 1.165) is 5.56 Å². The van der Waals surface area contributed by atoms with E-state index in [2.05, 4.69) is 21.3 Å². The third-order valence-corrected chi connectivity index (χ3v) is 11.5. The van der Waals surface area contributed by atoms with Crippen molar-refractivity contribution >= 4 is 40.5 Å². The summed E-state index contributed by atoms with van der Waals surface area (Å²) in [5, 5.41) is 23.9. The van der Waals surface area contributed by atoms with E-state index in [1.54, 1.807) is 51.1 Å². The van der Waals surface area contributed by atoms with E-state index in [4.69, 9.17) is 14.5 Å². The summed E-state index contributed by atoms with van der Waals surface area (Å²) in [6.07, 6.45) is 0.193. The fourth-order valence-electron chi connectivity index (χ4n) is 8.27. The summed E-state index contributed by atoms with van der Waals surface area (Å²) in [5.74, 6) is -1.86. The van der Waals surface area contributed by atoms with Crippen molar-refractivity contribution in [2.24, 2.45) is 5.92 Å². The van der Waals surface area contributed by atoms with Crippen LogP contribution < -0.4 is 26.8 Å². The Hall–Kier alpha value is -5.67. The Balaban J connectivity index is 1.07. The number of hydrogen-bond donors (Lipinski definition) is 5. The van der Waals surface area contributed by atoms with Crippen LogP contribution in [0.3, 0.4) is 0 Å². The second-order valence-electron chi connectivity index (χ2n) is 16.1. The largest absolute Gasteiger partial charge is 0.458 e. The number of nitrogens with one attached hydrogen (secondary N) is 4. The molecule has 0 radical (unpaired) electrons. The minimum absolute atomic E-state index is 0.0101. The standard InChI is InChI=1S/C43H49FN6O8/c1-8-43(56)29-15-33-37-27(17-50(33)40(53)28(29)19-57-41(43)54)35-31(14-13-26-22(6)30(44)16-32(48-37)34(26)35)49-42(55)58-18-24-9-11-25(12-10-24)47-38(51)23(7)46-39(52)36(20(2)3)45-21(4)5/h9-12,15-16,20-21,23,31,36,45,56H,8,13-14,17-19H2,1-7H3,(H,46,52)(H,47,51)(H,49,55)/t23-,31-,36-,43-/m0/s1. The molecule has 58 heavy (non-hydrogen) atoms. The van der Waals surface area contributed by atoms with Crippen molar-refractivity contribution in [3.63, 3.8) is 0 Å². The highest BCUT2D eigenvalue weighted by molar-refractivity contribution is 5.98. The van der Waals surface area contributed by atoms with Gasteiger partial charge in [-0.25, -0.2) is 19.0 Å².